The fourth-order valence-electron chi connectivity index (χ4n) is 4.16. The van der Waals surface area contributed by atoms with Crippen molar-refractivity contribution in [2.75, 3.05) is 31.0 Å². The third-order valence-electron chi connectivity index (χ3n) is 6.01. The summed E-state index contributed by atoms with van der Waals surface area (Å²) in [5.41, 5.74) is 8.64. The molecule has 1 saturated heterocycles. The molecule has 0 saturated carbocycles. The second-order valence-electron chi connectivity index (χ2n) is 8.55. The first-order valence-electron chi connectivity index (χ1n) is 12.0. The molecule has 5 rings (SSSR count). The Kier molecular flexibility index (Phi) is 8.29. The molecule has 222 valence electrons. The number of hydrazine groups is 2. The molecule has 0 unspecified atom stereocenters. The van der Waals surface area contributed by atoms with Gasteiger partial charge in [0.05, 0.1) is 12.8 Å². The van der Waals surface area contributed by atoms with Crippen LogP contribution in [0.5, 0.6) is 0 Å². The molecule has 1 fully saturated rings. The van der Waals surface area contributed by atoms with Crippen molar-refractivity contribution in [3.05, 3.63) is 45.8 Å². The number of aliphatic carboxylic acids is 1. The van der Waals surface area contributed by atoms with E-state index in [4.69, 9.17) is 15.3 Å². The van der Waals surface area contributed by atoms with Crippen LogP contribution in [0.25, 0.3) is 0 Å². The Morgan fingerprint density at radius 3 is 2.83 bits per heavy atom. The van der Waals surface area contributed by atoms with Crippen molar-refractivity contribution < 1.29 is 39.0 Å². The van der Waals surface area contributed by atoms with Gasteiger partial charge in [-0.05, 0) is 24.4 Å². The molecule has 4 aliphatic heterocycles. The fourth-order valence-corrected chi connectivity index (χ4v) is 7.02. The molecule has 0 bridgehead atoms. The number of thioether (sulfide) groups is 1. The van der Waals surface area contributed by atoms with Crippen LogP contribution in [0.3, 0.4) is 0 Å². The Morgan fingerprint density at radius 1 is 1.38 bits per heavy atom. The van der Waals surface area contributed by atoms with Gasteiger partial charge in [0.2, 0.25) is 5.88 Å². The summed E-state index contributed by atoms with van der Waals surface area (Å²) in [6, 6.07) is -0.994. The molecule has 1 aromatic heterocycles. The van der Waals surface area contributed by atoms with Gasteiger partial charge in [-0.15, -0.1) is 28.6 Å². The maximum atomic E-state index is 13.1. The van der Waals surface area contributed by atoms with Crippen LogP contribution in [0.2, 0.25) is 0 Å². The molecule has 1 aromatic rings. The van der Waals surface area contributed by atoms with Crippen molar-refractivity contribution in [2.24, 2.45) is 10.1 Å². The molecular weight excluding hydrogens is 614 g/mol. The number of carboxylic acid groups (broad SMARTS) is 1. The van der Waals surface area contributed by atoms with Gasteiger partial charge in [-0.2, -0.15) is 0 Å². The van der Waals surface area contributed by atoms with Gasteiger partial charge in [-0.25, -0.2) is 29.0 Å². The molecule has 6 N–H and O–H groups in total. The minimum Gasteiger partial charge on any atom is -0.493 e. The summed E-state index contributed by atoms with van der Waals surface area (Å²) in [6.45, 7) is 1.76. The van der Waals surface area contributed by atoms with Crippen molar-refractivity contribution >= 4 is 75.9 Å². The number of rotatable bonds is 10. The second-order valence-corrected chi connectivity index (χ2v) is 11.5. The number of nitrogens with two attached hydrogens (primary N) is 1. The zero-order valence-corrected chi connectivity index (χ0v) is 24.3. The van der Waals surface area contributed by atoms with E-state index < -0.39 is 41.1 Å². The van der Waals surface area contributed by atoms with E-state index in [1.807, 2.05) is 0 Å². The maximum Gasteiger partial charge on any atom is 0.352 e. The number of nitrogens with zero attached hydrogens (tertiary/aromatic N) is 6. The predicted molar refractivity (Wildman–Crippen MR) is 152 cm³/mol. The van der Waals surface area contributed by atoms with Crippen molar-refractivity contribution in [2.45, 2.75) is 18.3 Å². The number of aliphatic hydroxyl groups is 1. The number of anilines is 1. The summed E-state index contributed by atoms with van der Waals surface area (Å²) >= 11 is 3.54. The van der Waals surface area contributed by atoms with Crippen LogP contribution in [0.1, 0.15) is 12.6 Å². The number of nitrogens with one attached hydrogen (secondary N) is 2. The highest BCUT2D eigenvalue weighted by molar-refractivity contribution is 8.00. The van der Waals surface area contributed by atoms with E-state index in [2.05, 4.69) is 26.0 Å². The van der Waals surface area contributed by atoms with Crippen LogP contribution in [0.15, 0.2) is 50.3 Å². The molecule has 42 heavy (non-hydrogen) atoms. The number of hydrogen-bond donors (Lipinski definition) is 5. The summed E-state index contributed by atoms with van der Waals surface area (Å²) in [5.74, 6) is -3.05. The number of nitrogen functional groups attached to an aromatic ring is 1. The highest BCUT2D eigenvalue weighted by Crippen LogP contribution is 2.41. The normalized spacial score (nSPS) is 21.6. The summed E-state index contributed by atoms with van der Waals surface area (Å²) in [5, 5.41) is 29.0. The Balaban J connectivity index is 1.25. The molecule has 0 radical (unpaired) electrons. The highest BCUT2D eigenvalue weighted by atomic mass is 32.2. The highest BCUT2D eigenvalue weighted by Gasteiger charge is 2.54. The summed E-state index contributed by atoms with van der Waals surface area (Å²) in [4.78, 5) is 64.4. The molecular formula is C22H23N9O8S3. The van der Waals surface area contributed by atoms with Gasteiger partial charge >= 0.3 is 11.9 Å². The predicted octanol–water partition coefficient (Wildman–Crippen LogP) is -0.284. The smallest absolute Gasteiger partial charge is 0.352 e. The molecule has 0 aliphatic carbocycles. The SMILES string of the molecule is CCOC(=O)C1=C(O)N2NN(SCC3=C(C(=O)O)N4C(=O)[C@@H](NC(=O)C(=NOC)c5csc(N)n5)[C@H]4SC3)C=C2N=C1. The summed E-state index contributed by atoms with van der Waals surface area (Å²) in [6.07, 6.45) is 2.73. The topological polar surface area (TPSA) is 225 Å². The van der Waals surface area contributed by atoms with Gasteiger partial charge in [-0.3, -0.25) is 14.5 Å². The van der Waals surface area contributed by atoms with Crippen LogP contribution in [0.4, 0.5) is 5.13 Å². The molecule has 0 spiro atoms. The Bertz CT molecular complexity index is 1500. The standard InChI is InChI=1S/C22H23N9O8S3/c1-3-39-21(37)10-4-24-12-5-29(28-31(12)17(10)33)42-7-9-6-40-19-14(18(34)30(19)15(9)20(35)36)26-16(32)13(27-38-2)11-8-41-22(23)25-11/h4-5,8,14,19,28,33H,3,6-7H2,1-2H3,(H2,23,25)(H,26,32)(H,35,36)/t14-,19-/m1/s1. The zero-order valence-electron chi connectivity index (χ0n) is 21.8. The monoisotopic (exact) mass is 637 g/mol. The zero-order chi connectivity index (χ0) is 30.1. The third-order valence-corrected chi connectivity index (χ3v) is 8.97. The average molecular weight is 638 g/mol. The number of thiazole rings is 1. The van der Waals surface area contributed by atoms with Gasteiger partial charge in [0.25, 0.3) is 11.8 Å². The van der Waals surface area contributed by atoms with Crippen molar-refractivity contribution in [1.82, 2.24) is 30.2 Å². The molecule has 20 heteroatoms. The lowest BCUT2D eigenvalue weighted by Crippen LogP contribution is -2.71. The number of aliphatic imine (C=N–C) groups is 1. The lowest BCUT2D eigenvalue weighted by atomic mass is 10.0. The minimum absolute atomic E-state index is 0.124. The number of hydrogen-bond acceptors (Lipinski definition) is 17. The first kappa shape index (κ1) is 29.2. The lowest BCUT2D eigenvalue weighted by Gasteiger charge is -2.49. The third kappa shape index (κ3) is 5.35. The Hall–Kier alpha value is -4.27. The number of aromatic nitrogens is 1. The number of fused-ring (bicyclic) bond motifs is 2. The van der Waals surface area contributed by atoms with Gasteiger partial charge < -0.3 is 30.8 Å². The molecule has 0 aromatic carbocycles. The van der Waals surface area contributed by atoms with E-state index in [-0.39, 0.29) is 51.7 Å². The van der Waals surface area contributed by atoms with Crippen molar-refractivity contribution in [3.8, 4) is 0 Å². The first-order chi connectivity index (χ1) is 20.1. The number of ether oxygens (including phenoxy) is 1. The second kappa shape index (κ2) is 11.9. The van der Waals surface area contributed by atoms with Crippen LogP contribution in [-0.2, 0) is 28.8 Å². The molecule has 4 aliphatic rings. The quantitative estimate of drug-likeness (QED) is 0.0731. The lowest BCUT2D eigenvalue weighted by molar-refractivity contribution is -0.150. The number of esters is 1. The van der Waals surface area contributed by atoms with Gasteiger partial charge in [0, 0.05) is 23.1 Å². The average Bonchev–Trinajstić information content (AvgIpc) is 3.59. The van der Waals surface area contributed by atoms with Crippen molar-refractivity contribution in [3.63, 3.8) is 0 Å². The van der Waals surface area contributed by atoms with Crippen LogP contribution in [0, 0.1) is 0 Å². The van der Waals surface area contributed by atoms with Crippen molar-refractivity contribution in [1.29, 1.82) is 0 Å². The van der Waals surface area contributed by atoms with Crippen LogP contribution < -0.4 is 16.6 Å². The molecule has 17 nitrogen and oxygen atoms in total. The fraction of sp³-hybridized carbons (Fsp3) is 0.318. The van der Waals surface area contributed by atoms with E-state index in [0.717, 1.165) is 28.2 Å². The summed E-state index contributed by atoms with van der Waals surface area (Å²) in [7, 11) is 1.26. The Morgan fingerprint density at radius 2 is 2.17 bits per heavy atom. The molecule has 2 atom stereocenters. The minimum atomic E-state index is -1.29. The molecule has 5 heterocycles. The summed E-state index contributed by atoms with van der Waals surface area (Å²) < 4.78 is 6.39. The van der Waals surface area contributed by atoms with Gasteiger partial charge in [0.1, 0.15) is 35.5 Å². The maximum absolute atomic E-state index is 13.1. The molecule has 2 amide bonds. The number of carbonyl (C=O) groups excluding carboxylic acids is 3. The number of carbonyl (C=O) groups is 4. The van der Waals surface area contributed by atoms with Crippen LogP contribution in [-0.4, -0.2) is 102 Å². The number of aliphatic hydroxyl groups excluding tert-OH is 1. The first-order valence-corrected chi connectivity index (χ1v) is 14.9. The van der Waals surface area contributed by atoms with E-state index >= 15 is 0 Å². The van der Waals surface area contributed by atoms with E-state index in [9.17, 15) is 29.4 Å². The number of amides is 2. The van der Waals surface area contributed by atoms with Crippen LogP contribution >= 0.6 is 35.0 Å². The van der Waals surface area contributed by atoms with E-state index in [1.54, 1.807) is 6.92 Å². The number of β-lactam (4-membered cyclic amide) rings is 1. The van der Waals surface area contributed by atoms with Gasteiger partial charge in [-0.1, -0.05) is 5.16 Å². The Labute approximate surface area is 249 Å². The van der Waals surface area contributed by atoms with E-state index in [0.29, 0.717) is 5.57 Å². The number of carboxylic acids is 1. The largest absolute Gasteiger partial charge is 0.493 e. The number of oxime groups is 1. The van der Waals surface area contributed by atoms with E-state index in [1.165, 1.54) is 46.1 Å². The van der Waals surface area contributed by atoms with Gasteiger partial charge in [0.15, 0.2) is 16.7 Å².